The van der Waals surface area contributed by atoms with Gasteiger partial charge in [-0.25, -0.2) is 0 Å². The predicted molar refractivity (Wildman–Crippen MR) is 128 cm³/mol. The molecule has 1 aliphatic rings. The van der Waals surface area contributed by atoms with Crippen molar-refractivity contribution in [3.8, 4) is 5.75 Å². The van der Waals surface area contributed by atoms with E-state index in [-0.39, 0.29) is 5.91 Å². The highest BCUT2D eigenvalue weighted by Crippen LogP contribution is 2.30. The number of benzene rings is 2. The van der Waals surface area contributed by atoms with Crippen LogP contribution in [-0.2, 0) is 17.6 Å². The minimum Gasteiger partial charge on any atom is -0.494 e. The van der Waals surface area contributed by atoms with Gasteiger partial charge in [-0.3, -0.25) is 9.69 Å². The lowest BCUT2D eigenvalue weighted by molar-refractivity contribution is -0.117. The van der Waals surface area contributed by atoms with Gasteiger partial charge in [-0.2, -0.15) is 0 Å². The van der Waals surface area contributed by atoms with Crippen molar-refractivity contribution in [3.05, 3.63) is 58.6 Å². The van der Waals surface area contributed by atoms with Crippen LogP contribution in [-0.4, -0.2) is 50.1 Å². The molecule has 2 aromatic carbocycles. The molecule has 1 aliphatic heterocycles. The van der Waals surface area contributed by atoms with E-state index in [4.69, 9.17) is 22.1 Å². The number of primary amides is 1. The Hall–Kier alpha value is -2.24. The van der Waals surface area contributed by atoms with Crippen LogP contribution in [0, 0.1) is 0 Å². The van der Waals surface area contributed by atoms with Crippen LogP contribution in [0.3, 0.4) is 0 Å². The van der Waals surface area contributed by atoms with Gasteiger partial charge in [0, 0.05) is 32.6 Å². The molecule has 0 aromatic heterocycles. The van der Waals surface area contributed by atoms with Gasteiger partial charge in [-0.15, -0.1) is 0 Å². The fraction of sp³-hybridized carbons (Fsp3) is 0.480. The summed E-state index contributed by atoms with van der Waals surface area (Å²) in [5.41, 5.74) is 8.70. The molecule has 1 saturated heterocycles. The lowest BCUT2D eigenvalue weighted by Gasteiger charge is -2.36. The number of unbranched alkanes of at least 4 members (excludes halogenated alkanes) is 1. The van der Waals surface area contributed by atoms with Crippen LogP contribution in [0.2, 0.25) is 5.02 Å². The molecule has 0 atom stereocenters. The van der Waals surface area contributed by atoms with E-state index in [1.165, 1.54) is 11.3 Å². The van der Waals surface area contributed by atoms with Gasteiger partial charge < -0.3 is 15.4 Å². The second-order valence-electron chi connectivity index (χ2n) is 8.10. The van der Waals surface area contributed by atoms with Crippen molar-refractivity contribution in [1.29, 1.82) is 0 Å². The largest absolute Gasteiger partial charge is 0.494 e. The Labute approximate surface area is 191 Å². The van der Waals surface area contributed by atoms with Crippen LogP contribution in [0.25, 0.3) is 0 Å². The van der Waals surface area contributed by atoms with Gasteiger partial charge in [0.15, 0.2) is 0 Å². The molecule has 2 N–H and O–H groups in total. The normalized spacial score (nSPS) is 14.6. The molecule has 5 nitrogen and oxygen atoms in total. The maximum atomic E-state index is 10.9. The smallest absolute Gasteiger partial charge is 0.217 e. The first-order valence-corrected chi connectivity index (χ1v) is 11.7. The minimum absolute atomic E-state index is 0.267. The summed E-state index contributed by atoms with van der Waals surface area (Å²) in [5, 5.41) is 0.913. The molecule has 1 fully saturated rings. The minimum atomic E-state index is -0.267. The summed E-state index contributed by atoms with van der Waals surface area (Å²) in [6.45, 7) is 8.15. The number of amides is 1. The van der Waals surface area contributed by atoms with E-state index in [1.807, 2.05) is 24.3 Å². The summed E-state index contributed by atoms with van der Waals surface area (Å²) < 4.78 is 5.85. The summed E-state index contributed by atoms with van der Waals surface area (Å²) >= 11 is 6.60. The van der Waals surface area contributed by atoms with Crippen molar-refractivity contribution in [2.24, 2.45) is 5.73 Å². The molecular formula is C25H34ClN3O2. The molecule has 6 heteroatoms. The van der Waals surface area contributed by atoms with E-state index >= 15 is 0 Å². The van der Waals surface area contributed by atoms with Crippen LogP contribution in [0.1, 0.15) is 37.3 Å². The summed E-state index contributed by atoms with van der Waals surface area (Å²) in [6.07, 6.45) is 4.19. The van der Waals surface area contributed by atoms with Crippen molar-refractivity contribution < 1.29 is 9.53 Å². The molecule has 1 heterocycles. The van der Waals surface area contributed by atoms with Gasteiger partial charge in [0.1, 0.15) is 5.75 Å². The third-order valence-electron chi connectivity index (χ3n) is 5.87. The van der Waals surface area contributed by atoms with Gasteiger partial charge in [0.05, 0.1) is 17.3 Å². The average Bonchev–Trinajstić information content (AvgIpc) is 2.79. The lowest BCUT2D eigenvalue weighted by Crippen LogP contribution is -2.46. The number of carbonyl (C=O) groups excluding carboxylic acids is 1. The van der Waals surface area contributed by atoms with Gasteiger partial charge in [-0.05, 0) is 61.6 Å². The first-order chi connectivity index (χ1) is 15.1. The fourth-order valence-electron chi connectivity index (χ4n) is 3.94. The Bertz CT molecular complexity index is 833. The quantitative estimate of drug-likeness (QED) is 0.526. The monoisotopic (exact) mass is 443 g/mol. The zero-order chi connectivity index (χ0) is 22.1. The fourth-order valence-corrected chi connectivity index (χ4v) is 4.32. The van der Waals surface area contributed by atoms with E-state index < -0.39 is 0 Å². The standard InChI is InChI=1S/C25H34ClN3O2/c1-2-21-6-5-7-23(25(21)26)29-17-15-28(16-18-29)14-3-4-19-31-22-11-8-20(9-12-22)10-13-24(27)30/h5-9,11-12H,2-4,10,13-19H2,1H3,(H2,27,30). The highest BCUT2D eigenvalue weighted by molar-refractivity contribution is 6.34. The lowest BCUT2D eigenvalue weighted by atomic mass is 10.1. The number of anilines is 1. The van der Waals surface area contributed by atoms with Crippen molar-refractivity contribution in [2.45, 2.75) is 39.0 Å². The molecule has 2 aromatic rings. The summed E-state index contributed by atoms with van der Waals surface area (Å²) in [6, 6.07) is 14.3. The maximum Gasteiger partial charge on any atom is 0.217 e. The molecule has 0 spiro atoms. The van der Waals surface area contributed by atoms with E-state index in [1.54, 1.807) is 0 Å². The number of halogens is 1. The van der Waals surface area contributed by atoms with Crippen molar-refractivity contribution in [1.82, 2.24) is 4.90 Å². The third kappa shape index (κ3) is 7.15. The van der Waals surface area contributed by atoms with Gasteiger partial charge in [0.2, 0.25) is 5.91 Å². The second kappa shape index (κ2) is 12.0. The zero-order valence-electron chi connectivity index (χ0n) is 18.5. The number of carbonyl (C=O) groups is 1. The Morgan fingerprint density at radius 2 is 1.81 bits per heavy atom. The molecule has 0 bridgehead atoms. The van der Waals surface area contributed by atoms with Crippen LogP contribution in [0.4, 0.5) is 5.69 Å². The van der Waals surface area contributed by atoms with E-state index in [2.05, 4.69) is 34.9 Å². The van der Waals surface area contributed by atoms with Gasteiger partial charge >= 0.3 is 0 Å². The highest BCUT2D eigenvalue weighted by Gasteiger charge is 2.19. The number of nitrogens with two attached hydrogens (primary N) is 1. The van der Waals surface area contributed by atoms with Crippen LogP contribution < -0.4 is 15.4 Å². The van der Waals surface area contributed by atoms with E-state index in [9.17, 15) is 4.79 Å². The zero-order valence-corrected chi connectivity index (χ0v) is 19.2. The SMILES string of the molecule is CCc1cccc(N2CCN(CCCCOc3ccc(CCC(N)=O)cc3)CC2)c1Cl. The van der Waals surface area contributed by atoms with Gasteiger partial charge in [0.25, 0.3) is 0 Å². The first-order valence-electron chi connectivity index (χ1n) is 11.3. The summed E-state index contributed by atoms with van der Waals surface area (Å²) in [5.74, 6) is 0.610. The molecule has 31 heavy (non-hydrogen) atoms. The molecule has 0 aliphatic carbocycles. The van der Waals surface area contributed by atoms with Gasteiger partial charge in [-0.1, -0.05) is 42.8 Å². The number of rotatable bonds is 11. The number of nitrogens with zero attached hydrogens (tertiary/aromatic N) is 2. The maximum absolute atomic E-state index is 10.9. The van der Waals surface area contributed by atoms with Crippen molar-refractivity contribution in [3.63, 3.8) is 0 Å². The topological polar surface area (TPSA) is 58.8 Å². The van der Waals surface area contributed by atoms with Crippen LogP contribution in [0.5, 0.6) is 5.75 Å². The Morgan fingerprint density at radius 3 is 2.48 bits per heavy atom. The third-order valence-corrected chi connectivity index (χ3v) is 6.31. The Kier molecular flexibility index (Phi) is 9.04. The molecule has 168 valence electrons. The number of ether oxygens (including phenoxy) is 1. The molecule has 3 rings (SSSR count). The number of hydrogen-bond donors (Lipinski definition) is 1. The van der Waals surface area contributed by atoms with Crippen molar-refractivity contribution in [2.75, 3.05) is 44.2 Å². The summed E-state index contributed by atoms with van der Waals surface area (Å²) in [7, 11) is 0. The average molecular weight is 444 g/mol. The molecule has 1 amide bonds. The van der Waals surface area contributed by atoms with Crippen molar-refractivity contribution >= 4 is 23.2 Å². The highest BCUT2D eigenvalue weighted by atomic mass is 35.5. The number of hydrogen-bond acceptors (Lipinski definition) is 4. The molecule has 0 unspecified atom stereocenters. The second-order valence-corrected chi connectivity index (χ2v) is 8.48. The molecular weight excluding hydrogens is 410 g/mol. The Balaban J connectivity index is 1.31. The molecule has 0 radical (unpaired) electrons. The van der Waals surface area contributed by atoms with E-state index in [0.29, 0.717) is 12.8 Å². The van der Waals surface area contributed by atoms with Crippen LogP contribution in [0.15, 0.2) is 42.5 Å². The predicted octanol–water partition coefficient (Wildman–Crippen LogP) is 4.30. The van der Waals surface area contributed by atoms with E-state index in [0.717, 1.165) is 74.9 Å². The molecule has 0 saturated carbocycles. The first kappa shape index (κ1) is 23.4. The number of piperazine rings is 1. The van der Waals surface area contributed by atoms with Crippen LogP contribution >= 0.6 is 11.6 Å². The Morgan fingerprint density at radius 1 is 1.06 bits per heavy atom. The number of aryl methyl sites for hydroxylation is 2. The summed E-state index contributed by atoms with van der Waals surface area (Å²) in [4.78, 5) is 15.8.